The van der Waals surface area contributed by atoms with Crippen LogP contribution in [0.2, 0.25) is 0 Å². The van der Waals surface area contributed by atoms with E-state index in [1.807, 2.05) is 0 Å². The van der Waals surface area contributed by atoms with Gasteiger partial charge in [-0.1, -0.05) is 15.9 Å². The molecule has 1 heterocycles. The molecular formula is C15H13Br2NO5S. The van der Waals surface area contributed by atoms with Gasteiger partial charge in [0.2, 0.25) is 0 Å². The maximum absolute atomic E-state index is 12.3. The average Bonchev–Trinajstić information content (AvgIpc) is 2.71. The van der Waals surface area contributed by atoms with Crippen LogP contribution in [0.25, 0.3) is 6.08 Å². The van der Waals surface area contributed by atoms with E-state index in [0.717, 1.165) is 4.90 Å². The van der Waals surface area contributed by atoms with E-state index in [1.165, 1.54) is 6.08 Å². The normalized spacial score (nSPS) is 16.4. The number of esters is 1. The van der Waals surface area contributed by atoms with Crippen LogP contribution in [0.1, 0.15) is 19.4 Å². The Kier molecular flexibility index (Phi) is 6.11. The molecule has 1 N–H and O–H groups in total. The lowest BCUT2D eigenvalue weighted by molar-refractivity contribution is -0.149. The lowest BCUT2D eigenvalue weighted by atomic mass is 10.2. The van der Waals surface area contributed by atoms with Crippen LogP contribution in [-0.4, -0.2) is 39.8 Å². The maximum atomic E-state index is 12.3. The third-order valence-electron chi connectivity index (χ3n) is 2.87. The molecule has 1 aliphatic rings. The summed E-state index contributed by atoms with van der Waals surface area (Å²) in [6.45, 7) is 2.92. The molecule has 2 rings (SSSR count). The molecule has 6 nitrogen and oxygen atoms in total. The Morgan fingerprint density at radius 2 is 2.04 bits per heavy atom. The first kappa shape index (κ1) is 19.0. The van der Waals surface area contributed by atoms with Gasteiger partial charge in [0.15, 0.2) is 0 Å². The van der Waals surface area contributed by atoms with Crippen molar-refractivity contribution in [2.24, 2.45) is 0 Å². The lowest BCUT2D eigenvalue weighted by Gasteiger charge is -2.13. The highest BCUT2D eigenvalue weighted by atomic mass is 79.9. The predicted molar refractivity (Wildman–Crippen MR) is 97.4 cm³/mol. The van der Waals surface area contributed by atoms with Crippen LogP contribution in [0.3, 0.4) is 0 Å². The minimum absolute atomic E-state index is 0.0517. The number of amides is 2. The number of nitrogens with zero attached hydrogens (tertiary/aromatic N) is 1. The van der Waals surface area contributed by atoms with Gasteiger partial charge in [0.25, 0.3) is 11.1 Å². The van der Waals surface area contributed by atoms with Gasteiger partial charge in [0, 0.05) is 10.0 Å². The monoisotopic (exact) mass is 477 g/mol. The molecule has 1 saturated heterocycles. The van der Waals surface area contributed by atoms with Gasteiger partial charge < -0.3 is 9.84 Å². The first-order valence-corrected chi connectivity index (χ1v) is 9.22. The SMILES string of the molecule is CC(C)OC(=O)CN1C(=O)S/C(=C\c2cc(Br)cc(Br)c2O)C1=O. The summed E-state index contributed by atoms with van der Waals surface area (Å²) in [4.78, 5) is 36.9. The molecule has 0 atom stereocenters. The van der Waals surface area contributed by atoms with Crippen LogP contribution < -0.4 is 0 Å². The van der Waals surface area contributed by atoms with Gasteiger partial charge >= 0.3 is 5.97 Å². The number of carbonyl (C=O) groups excluding carboxylic acids is 3. The van der Waals surface area contributed by atoms with E-state index in [9.17, 15) is 19.5 Å². The zero-order valence-electron chi connectivity index (χ0n) is 12.7. The third kappa shape index (κ3) is 4.40. The van der Waals surface area contributed by atoms with E-state index in [-0.39, 0.29) is 16.8 Å². The Morgan fingerprint density at radius 3 is 2.67 bits per heavy atom. The van der Waals surface area contributed by atoms with Gasteiger partial charge in [-0.2, -0.15) is 0 Å². The molecular weight excluding hydrogens is 466 g/mol. The van der Waals surface area contributed by atoms with Crippen LogP contribution in [0.15, 0.2) is 26.0 Å². The van der Waals surface area contributed by atoms with Gasteiger partial charge in [-0.25, -0.2) is 0 Å². The summed E-state index contributed by atoms with van der Waals surface area (Å²) in [7, 11) is 0. The van der Waals surface area contributed by atoms with E-state index in [0.29, 0.717) is 26.3 Å². The van der Waals surface area contributed by atoms with Crippen molar-refractivity contribution in [2.45, 2.75) is 20.0 Å². The Balaban J connectivity index is 2.24. The van der Waals surface area contributed by atoms with Crippen molar-refractivity contribution in [3.63, 3.8) is 0 Å². The Hall–Kier alpha value is -1.32. The van der Waals surface area contributed by atoms with Crippen LogP contribution in [0.5, 0.6) is 5.75 Å². The summed E-state index contributed by atoms with van der Waals surface area (Å²) in [6.07, 6.45) is 1.08. The fourth-order valence-electron chi connectivity index (χ4n) is 1.90. The third-order valence-corrected chi connectivity index (χ3v) is 4.84. The second-order valence-corrected chi connectivity index (χ2v) is 7.90. The molecule has 0 radical (unpaired) electrons. The van der Waals surface area contributed by atoms with Crippen molar-refractivity contribution in [1.82, 2.24) is 4.90 Å². The summed E-state index contributed by atoms with van der Waals surface area (Å²) >= 11 is 7.20. The molecule has 0 bridgehead atoms. The number of ether oxygens (including phenoxy) is 1. The van der Waals surface area contributed by atoms with E-state index >= 15 is 0 Å². The summed E-state index contributed by atoms with van der Waals surface area (Å²) in [6, 6.07) is 3.27. The van der Waals surface area contributed by atoms with Crippen LogP contribution >= 0.6 is 43.6 Å². The minimum atomic E-state index is -0.651. The molecule has 1 aromatic carbocycles. The number of aromatic hydroxyl groups is 1. The number of halogens is 2. The first-order valence-electron chi connectivity index (χ1n) is 6.82. The number of imide groups is 1. The largest absolute Gasteiger partial charge is 0.506 e. The summed E-state index contributed by atoms with van der Waals surface area (Å²) in [5.74, 6) is -1.30. The Bertz CT molecular complexity index is 748. The number of hydrogen-bond donors (Lipinski definition) is 1. The number of phenolic OH excluding ortho intramolecular Hbond substituents is 1. The van der Waals surface area contributed by atoms with Crippen LogP contribution in [0.4, 0.5) is 4.79 Å². The van der Waals surface area contributed by atoms with Crippen molar-refractivity contribution in [3.05, 3.63) is 31.5 Å². The van der Waals surface area contributed by atoms with Gasteiger partial charge in [-0.05, 0) is 59.7 Å². The summed E-state index contributed by atoms with van der Waals surface area (Å²) < 4.78 is 6.09. The highest BCUT2D eigenvalue weighted by Gasteiger charge is 2.37. The lowest BCUT2D eigenvalue weighted by Crippen LogP contribution is -2.35. The molecule has 1 fully saturated rings. The van der Waals surface area contributed by atoms with E-state index in [2.05, 4.69) is 31.9 Å². The Morgan fingerprint density at radius 1 is 1.38 bits per heavy atom. The predicted octanol–water partition coefficient (Wildman–Crippen LogP) is 3.91. The molecule has 24 heavy (non-hydrogen) atoms. The quantitative estimate of drug-likeness (QED) is 0.521. The molecule has 0 aromatic heterocycles. The van der Waals surface area contributed by atoms with Gasteiger partial charge in [-0.3, -0.25) is 19.3 Å². The number of rotatable bonds is 4. The second-order valence-electron chi connectivity index (χ2n) is 5.13. The van der Waals surface area contributed by atoms with Crippen LogP contribution in [-0.2, 0) is 14.3 Å². The van der Waals surface area contributed by atoms with Gasteiger partial charge in [0.05, 0.1) is 15.5 Å². The molecule has 0 saturated carbocycles. The van der Waals surface area contributed by atoms with Crippen molar-refractivity contribution in [1.29, 1.82) is 0 Å². The minimum Gasteiger partial charge on any atom is -0.506 e. The highest BCUT2D eigenvalue weighted by molar-refractivity contribution is 9.11. The van der Waals surface area contributed by atoms with Gasteiger partial charge in [-0.15, -0.1) is 0 Å². The molecule has 0 unspecified atom stereocenters. The number of thioether (sulfide) groups is 1. The topological polar surface area (TPSA) is 83.9 Å². The molecule has 1 aromatic rings. The smallest absolute Gasteiger partial charge is 0.326 e. The standard InChI is InChI=1S/C15H13Br2NO5S/c1-7(2)23-12(19)6-18-14(21)11(24-15(18)22)4-8-3-9(16)5-10(17)13(8)20/h3-5,7,20H,6H2,1-2H3/b11-4-. The van der Waals surface area contributed by atoms with Crippen molar-refractivity contribution in [3.8, 4) is 5.75 Å². The molecule has 1 aliphatic heterocycles. The molecule has 2 amide bonds. The molecule has 128 valence electrons. The molecule has 0 spiro atoms. The Labute approximate surface area is 159 Å². The van der Waals surface area contributed by atoms with E-state index in [4.69, 9.17) is 4.74 Å². The number of benzene rings is 1. The highest BCUT2D eigenvalue weighted by Crippen LogP contribution is 2.37. The average molecular weight is 479 g/mol. The van der Waals surface area contributed by atoms with Gasteiger partial charge in [0.1, 0.15) is 12.3 Å². The summed E-state index contributed by atoms with van der Waals surface area (Å²) in [5.41, 5.74) is 0.367. The maximum Gasteiger partial charge on any atom is 0.326 e. The van der Waals surface area contributed by atoms with E-state index < -0.39 is 23.7 Å². The molecule has 9 heteroatoms. The number of hydrogen-bond acceptors (Lipinski definition) is 6. The zero-order valence-corrected chi connectivity index (χ0v) is 16.7. The van der Waals surface area contributed by atoms with Crippen molar-refractivity contribution in [2.75, 3.05) is 6.54 Å². The number of phenols is 1. The van der Waals surface area contributed by atoms with Crippen molar-refractivity contribution < 1.29 is 24.2 Å². The first-order chi connectivity index (χ1) is 11.2. The molecule has 0 aliphatic carbocycles. The van der Waals surface area contributed by atoms with Crippen molar-refractivity contribution >= 4 is 66.8 Å². The van der Waals surface area contributed by atoms with E-state index in [1.54, 1.807) is 26.0 Å². The number of carbonyl (C=O) groups is 3. The fraction of sp³-hybridized carbons (Fsp3) is 0.267. The second kappa shape index (κ2) is 7.71. The zero-order chi connectivity index (χ0) is 18.0. The van der Waals surface area contributed by atoms with Crippen LogP contribution in [0, 0.1) is 0 Å². The fourth-order valence-corrected chi connectivity index (χ4v) is 3.99. The summed E-state index contributed by atoms with van der Waals surface area (Å²) in [5, 5.41) is 9.48.